The van der Waals surface area contributed by atoms with Gasteiger partial charge in [-0.15, -0.1) is 0 Å². The van der Waals surface area contributed by atoms with E-state index >= 15 is 0 Å². The van der Waals surface area contributed by atoms with Gasteiger partial charge in [0.15, 0.2) is 0 Å². The molecule has 0 aromatic heterocycles. The summed E-state index contributed by atoms with van der Waals surface area (Å²) in [6.45, 7) is 19.1. The number of carbonyl (C=O) groups excluding carboxylic acids is 1. The number of rotatable bonds is 6. The van der Waals surface area contributed by atoms with Gasteiger partial charge in [-0.1, -0.05) is 6.07 Å². The van der Waals surface area contributed by atoms with Crippen LogP contribution in [0.3, 0.4) is 0 Å². The summed E-state index contributed by atoms with van der Waals surface area (Å²) in [5.74, 6) is -0.135. The molecule has 7 nitrogen and oxygen atoms in total. The normalized spacial score (nSPS) is 23.8. The third kappa shape index (κ3) is 5.66. The molecule has 2 fully saturated rings. The minimum absolute atomic E-state index is 0.0261. The van der Waals surface area contributed by atoms with E-state index in [1.54, 1.807) is 4.31 Å². The smallest absolute Gasteiger partial charge is 0.243 e. The molecule has 2 aliphatic rings. The number of hydrogen-bond donors (Lipinski definition) is 1. The van der Waals surface area contributed by atoms with Crippen LogP contribution in [0.4, 0.5) is 0 Å². The van der Waals surface area contributed by atoms with Gasteiger partial charge in [0.05, 0.1) is 17.1 Å². The van der Waals surface area contributed by atoms with Gasteiger partial charge in [-0.25, -0.2) is 8.42 Å². The van der Waals surface area contributed by atoms with Crippen LogP contribution in [-0.2, 0) is 19.6 Å². The molecular formula is C26H43N3O4S. The van der Waals surface area contributed by atoms with E-state index in [2.05, 4.69) is 37.9 Å². The summed E-state index contributed by atoms with van der Waals surface area (Å²) in [6, 6.07) is 2.04. The molecule has 0 saturated carbocycles. The van der Waals surface area contributed by atoms with Gasteiger partial charge in [0.2, 0.25) is 15.9 Å². The van der Waals surface area contributed by atoms with E-state index in [4.69, 9.17) is 4.74 Å². The summed E-state index contributed by atoms with van der Waals surface area (Å²) in [5.41, 5.74) is 3.43. The summed E-state index contributed by atoms with van der Waals surface area (Å²) in [7, 11) is -3.59. The molecular weight excluding hydrogens is 450 g/mol. The molecule has 1 N–H and O–H groups in total. The zero-order chi connectivity index (χ0) is 25.4. The molecule has 2 heterocycles. The van der Waals surface area contributed by atoms with Crippen molar-refractivity contribution in [1.82, 2.24) is 14.5 Å². The van der Waals surface area contributed by atoms with Crippen molar-refractivity contribution in [3.63, 3.8) is 0 Å². The van der Waals surface area contributed by atoms with Gasteiger partial charge in [-0.2, -0.15) is 4.31 Å². The van der Waals surface area contributed by atoms with Crippen molar-refractivity contribution < 1.29 is 17.9 Å². The fourth-order valence-electron chi connectivity index (χ4n) is 5.29. The first-order valence-electron chi connectivity index (χ1n) is 12.5. The highest BCUT2D eigenvalue weighted by molar-refractivity contribution is 7.89. The molecule has 1 aromatic rings. The lowest BCUT2D eigenvalue weighted by Crippen LogP contribution is -2.59. The van der Waals surface area contributed by atoms with Crippen LogP contribution in [0.1, 0.15) is 62.8 Å². The van der Waals surface area contributed by atoms with Gasteiger partial charge in [-0.05, 0) is 90.5 Å². The molecule has 1 amide bonds. The summed E-state index contributed by atoms with van der Waals surface area (Å²) in [5, 5.41) is 3.15. The minimum Gasteiger partial charge on any atom is -0.373 e. The van der Waals surface area contributed by atoms with Gasteiger partial charge in [0, 0.05) is 44.2 Å². The summed E-state index contributed by atoms with van der Waals surface area (Å²) < 4.78 is 34.4. The van der Waals surface area contributed by atoms with E-state index < -0.39 is 10.0 Å². The maximum Gasteiger partial charge on any atom is 0.243 e. The Hall–Kier alpha value is -1.48. The van der Waals surface area contributed by atoms with Crippen LogP contribution >= 0.6 is 0 Å². The van der Waals surface area contributed by atoms with Gasteiger partial charge < -0.3 is 10.1 Å². The van der Waals surface area contributed by atoms with Crippen LogP contribution in [0.15, 0.2) is 11.0 Å². The van der Waals surface area contributed by atoms with E-state index in [1.807, 2.05) is 33.8 Å². The molecule has 2 atom stereocenters. The predicted molar refractivity (Wildman–Crippen MR) is 136 cm³/mol. The molecule has 34 heavy (non-hydrogen) atoms. The number of amides is 1. The second kappa shape index (κ2) is 10.2. The zero-order valence-electron chi connectivity index (χ0n) is 22.2. The SMILES string of the molecule is Cc1cc(C)c(C)c(S(=O)(=O)N2CCC(C(=O)NCC(C)(C)N3CC(C)OC(C)C3)CC2)c1C. The van der Waals surface area contributed by atoms with E-state index in [-0.39, 0.29) is 29.6 Å². The maximum atomic E-state index is 13.5. The van der Waals surface area contributed by atoms with Crippen LogP contribution in [-0.4, -0.2) is 74.0 Å². The van der Waals surface area contributed by atoms with Crippen molar-refractivity contribution in [3.05, 3.63) is 28.3 Å². The lowest BCUT2D eigenvalue weighted by atomic mass is 9.95. The number of carbonyl (C=O) groups is 1. The molecule has 8 heteroatoms. The first kappa shape index (κ1) is 27.1. The number of nitrogens with zero attached hydrogens (tertiary/aromatic N) is 2. The molecule has 2 unspecified atom stereocenters. The molecule has 2 saturated heterocycles. The van der Waals surface area contributed by atoms with Crippen LogP contribution in [0.5, 0.6) is 0 Å². The number of sulfonamides is 1. The lowest BCUT2D eigenvalue weighted by molar-refractivity contribution is -0.127. The number of hydrogen-bond acceptors (Lipinski definition) is 5. The minimum atomic E-state index is -3.59. The third-order valence-electron chi connectivity index (χ3n) is 7.69. The Kier molecular flexibility index (Phi) is 8.17. The van der Waals surface area contributed by atoms with Crippen LogP contribution < -0.4 is 5.32 Å². The van der Waals surface area contributed by atoms with Crippen LogP contribution in [0, 0.1) is 33.6 Å². The topological polar surface area (TPSA) is 79.0 Å². The second-order valence-electron chi connectivity index (χ2n) is 11.0. The second-order valence-corrected chi connectivity index (χ2v) is 12.8. The van der Waals surface area contributed by atoms with Gasteiger partial charge in [0.1, 0.15) is 0 Å². The molecule has 1 aromatic carbocycles. The van der Waals surface area contributed by atoms with Gasteiger partial charge in [-0.3, -0.25) is 9.69 Å². The average molecular weight is 494 g/mol. The van der Waals surface area contributed by atoms with Crippen LogP contribution in [0.2, 0.25) is 0 Å². The summed E-state index contributed by atoms with van der Waals surface area (Å²) >= 11 is 0. The molecule has 0 bridgehead atoms. The standard InChI is InChI=1S/C26H43N3O4S/c1-17-13-18(2)22(6)24(21(17)5)34(31,32)29-11-9-23(10-12-29)25(30)27-16-26(7,8)28-14-19(3)33-20(4)15-28/h13,19-20,23H,9-12,14-16H2,1-8H3,(H,27,30). The van der Waals surface area contributed by atoms with E-state index in [1.165, 1.54) is 0 Å². The number of morpholine rings is 1. The Labute approximate surface area is 206 Å². The Morgan fingerprint density at radius 1 is 1.03 bits per heavy atom. The van der Waals surface area contributed by atoms with Gasteiger partial charge in [0.25, 0.3) is 0 Å². The highest BCUT2D eigenvalue weighted by Gasteiger charge is 2.36. The zero-order valence-corrected chi connectivity index (χ0v) is 23.0. The Morgan fingerprint density at radius 3 is 2.03 bits per heavy atom. The third-order valence-corrected chi connectivity index (χ3v) is 9.86. The molecule has 3 rings (SSSR count). The number of piperidine rings is 1. The fraction of sp³-hybridized carbons (Fsp3) is 0.731. The number of benzene rings is 1. The number of aryl methyl sites for hydroxylation is 2. The summed E-state index contributed by atoms with van der Waals surface area (Å²) in [4.78, 5) is 15.8. The monoisotopic (exact) mass is 493 g/mol. The van der Waals surface area contributed by atoms with E-state index in [0.29, 0.717) is 37.4 Å². The lowest BCUT2D eigenvalue weighted by Gasteiger charge is -2.45. The average Bonchev–Trinajstić information content (AvgIpc) is 2.75. The van der Waals surface area contributed by atoms with Crippen molar-refractivity contribution in [3.8, 4) is 0 Å². The van der Waals surface area contributed by atoms with Crippen LogP contribution in [0.25, 0.3) is 0 Å². The quantitative estimate of drug-likeness (QED) is 0.658. The Morgan fingerprint density at radius 2 is 1.53 bits per heavy atom. The summed E-state index contributed by atoms with van der Waals surface area (Å²) in [6.07, 6.45) is 1.43. The molecule has 0 radical (unpaired) electrons. The van der Waals surface area contributed by atoms with E-state index in [0.717, 1.165) is 35.3 Å². The largest absolute Gasteiger partial charge is 0.373 e. The molecule has 0 aliphatic carbocycles. The number of ether oxygens (including phenoxy) is 1. The maximum absolute atomic E-state index is 13.5. The van der Waals surface area contributed by atoms with Gasteiger partial charge >= 0.3 is 0 Å². The van der Waals surface area contributed by atoms with Crippen molar-refractivity contribution in [2.24, 2.45) is 5.92 Å². The first-order valence-corrected chi connectivity index (χ1v) is 13.9. The Bertz CT molecular complexity index is 977. The van der Waals surface area contributed by atoms with Crippen molar-refractivity contribution in [1.29, 1.82) is 0 Å². The molecule has 2 aliphatic heterocycles. The molecule has 0 spiro atoms. The first-order chi connectivity index (χ1) is 15.7. The van der Waals surface area contributed by atoms with E-state index in [9.17, 15) is 13.2 Å². The van der Waals surface area contributed by atoms with Crippen molar-refractivity contribution in [2.45, 2.75) is 90.9 Å². The van der Waals surface area contributed by atoms with Crippen molar-refractivity contribution >= 4 is 15.9 Å². The molecule has 192 valence electrons. The fourth-order valence-corrected chi connectivity index (χ4v) is 7.33. The van der Waals surface area contributed by atoms with Crippen molar-refractivity contribution in [2.75, 3.05) is 32.7 Å². The highest BCUT2D eigenvalue weighted by atomic mass is 32.2. The number of nitrogens with one attached hydrogen (secondary N) is 1. The highest BCUT2D eigenvalue weighted by Crippen LogP contribution is 2.31. The Balaban J connectivity index is 1.60. The predicted octanol–water partition coefficient (Wildman–Crippen LogP) is 3.32.